The molecular weight excluding hydrogens is 404 g/mol. The molecule has 3 heterocycles. The van der Waals surface area contributed by atoms with Crippen molar-refractivity contribution in [1.29, 1.82) is 0 Å². The Morgan fingerprint density at radius 3 is 2.35 bits per heavy atom. The molecular formula is C26H14N2O2S. The van der Waals surface area contributed by atoms with Gasteiger partial charge in [-0.25, -0.2) is 0 Å². The normalized spacial score (nSPS) is 12.1. The van der Waals surface area contributed by atoms with Crippen LogP contribution in [0.3, 0.4) is 0 Å². The van der Waals surface area contributed by atoms with Crippen LogP contribution in [0.15, 0.2) is 84.9 Å². The van der Waals surface area contributed by atoms with Crippen molar-refractivity contribution in [2.75, 3.05) is 0 Å². The predicted molar refractivity (Wildman–Crippen MR) is 127 cm³/mol. The summed E-state index contributed by atoms with van der Waals surface area (Å²) in [5.74, 6) is 0. The van der Waals surface area contributed by atoms with Gasteiger partial charge in [-0.05, 0) is 17.7 Å². The minimum atomic E-state index is -0.267. The van der Waals surface area contributed by atoms with Crippen LogP contribution in [0.25, 0.3) is 59.1 Å². The maximum atomic E-state index is 12.0. The van der Waals surface area contributed by atoms with Gasteiger partial charge in [-0.2, -0.15) is 0 Å². The van der Waals surface area contributed by atoms with Crippen molar-refractivity contribution >= 4 is 48.2 Å². The number of thiophene rings is 1. The molecule has 4 nitrogen and oxygen atoms in total. The fourth-order valence-corrected chi connectivity index (χ4v) is 6.30. The molecule has 0 spiro atoms. The molecule has 2 aromatic heterocycles. The summed E-state index contributed by atoms with van der Waals surface area (Å²) in [6.45, 7) is 0. The van der Waals surface area contributed by atoms with Crippen molar-refractivity contribution in [1.82, 2.24) is 4.57 Å². The van der Waals surface area contributed by atoms with Crippen LogP contribution in [-0.2, 0) is 0 Å². The summed E-state index contributed by atoms with van der Waals surface area (Å²) in [5.41, 5.74) is 5.74. The van der Waals surface area contributed by atoms with Gasteiger partial charge in [-0.15, -0.1) is 11.3 Å². The number of fused-ring (bicyclic) bond motifs is 10. The van der Waals surface area contributed by atoms with Crippen LogP contribution < -0.4 is 0 Å². The quantitative estimate of drug-likeness (QED) is 0.204. The van der Waals surface area contributed by atoms with E-state index in [1.165, 1.54) is 20.3 Å². The second kappa shape index (κ2) is 5.80. The van der Waals surface area contributed by atoms with Gasteiger partial charge in [0.1, 0.15) is 4.83 Å². The SMILES string of the molecule is O=[N+]([O-])c1cccc2c1-c1cccc3c4c5ccccc5sc4n(c13)-c1ccccc1-2. The van der Waals surface area contributed by atoms with E-state index in [9.17, 15) is 10.1 Å². The number of nitro benzene ring substituents is 1. The smallest absolute Gasteiger partial charge is 0.277 e. The summed E-state index contributed by atoms with van der Waals surface area (Å²) >= 11 is 1.77. The number of hydrogen-bond acceptors (Lipinski definition) is 3. The molecule has 5 heteroatoms. The molecule has 0 aliphatic carbocycles. The molecule has 0 amide bonds. The zero-order valence-electron chi connectivity index (χ0n) is 16.2. The fourth-order valence-electron chi connectivity index (χ4n) is 5.07. The number of nitro groups is 1. The molecule has 6 aromatic rings. The maximum absolute atomic E-state index is 12.0. The van der Waals surface area contributed by atoms with Crippen LogP contribution in [0.4, 0.5) is 5.69 Å². The molecule has 31 heavy (non-hydrogen) atoms. The highest BCUT2D eigenvalue weighted by Crippen LogP contribution is 2.51. The van der Waals surface area contributed by atoms with Crippen molar-refractivity contribution in [3.63, 3.8) is 0 Å². The van der Waals surface area contributed by atoms with Crippen molar-refractivity contribution in [3.8, 4) is 27.9 Å². The molecule has 0 fully saturated rings. The van der Waals surface area contributed by atoms with Gasteiger partial charge in [0, 0.05) is 38.1 Å². The van der Waals surface area contributed by atoms with Gasteiger partial charge in [0.15, 0.2) is 0 Å². The van der Waals surface area contributed by atoms with E-state index in [2.05, 4.69) is 47.0 Å². The van der Waals surface area contributed by atoms with Crippen LogP contribution >= 0.6 is 11.3 Å². The van der Waals surface area contributed by atoms with E-state index in [4.69, 9.17) is 0 Å². The Kier molecular flexibility index (Phi) is 3.14. The number of nitrogens with zero attached hydrogens (tertiary/aromatic N) is 2. The number of para-hydroxylation sites is 2. The summed E-state index contributed by atoms with van der Waals surface area (Å²) in [6.07, 6.45) is 0. The lowest BCUT2D eigenvalue weighted by Gasteiger charge is -2.11. The Bertz CT molecular complexity index is 1720. The summed E-state index contributed by atoms with van der Waals surface area (Å²) in [5, 5.41) is 15.6. The van der Waals surface area contributed by atoms with E-state index in [1.807, 2.05) is 30.3 Å². The molecule has 0 N–H and O–H groups in total. The first-order chi connectivity index (χ1) is 15.2. The van der Waals surface area contributed by atoms with Gasteiger partial charge in [-0.3, -0.25) is 14.7 Å². The van der Waals surface area contributed by atoms with Crippen LogP contribution in [0.1, 0.15) is 0 Å². The van der Waals surface area contributed by atoms with Crippen LogP contribution in [-0.4, -0.2) is 9.49 Å². The minimum absolute atomic E-state index is 0.141. The van der Waals surface area contributed by atoms with E-state index in [0.29, 0.717) is 5.56 Å². The molecule has 1 aliphatic heterocycles. The lowest BCUT2D eigenvalue weighted by Crippen LogP contribution is -1.94. The Morgan fingerprint density at radius 2 is 1.45 bits per heavy atom. The highest BCUT2D eigenvalue weighted by molar-refractivity contribution is 7.25. The zero-order chi connectivity index (χ0) is 20.7. The lowest BCUT2D eigenvalue weighted by molar-refractivity contribution is -0.384. The second-order valence-corrected chi connectivity index (χ2v) is 8.82. The highest BCUT2D eigenvalue weighted by atomic mass is 32.1. The molecule has 0 radical (unpaired) electrons. The Labute approximate surface area is 180 Å². The van der Waals surface area contributed by atoms with Crippen molar-refractivity contribution < 1.29 is 4.92 Å². The molecule has 0 bridgehead atoms. The monoisotopic (exact) mass is 418 g/mol. The van der Waals surface area contributed by atoms with Gasteiger partial charge >= 0.3 is 0 Å². The van der Waals surface area contributed by atoms with E-state index in [-0.39, 0.29) is 10.6 Å². The molecule has 0 saturated carbocycles. The largest absolute Gasteiger partial charge is 0.299 e. The average Bonchev–Trinajstić information content (AvgIpc) is 3.29. The maximum Gasteiger partial charge on any atom is 0.277 e. The molecule has 0 atom stereocenters. The molecule has 7 rings (SSSR count). The van der Waals surface area contributed by atoms with Gasteiger partial charge < -0.3 is 0 Å². The van der Waals surface area contributed by atoms with Crippen LogP contribution in [0, 0.1) is 10.1 Å². The van der Waals surface area contributed by atoms with Crippen molar-refractivity contribution in [3.05, 3.63) is 95.0 Å². The Hall–Kier alpha value is -3.96. The fraction of sp³-hybridized carbons (Fsp3) is 0. The number of aromatic nitrogens is 1. The van der Waals surface area contributed by atoms with Crippen LogP contribution in [0.5, 0.6) is 0 Å². The molecule has 0 unspecified atom stereocenters. The van der Waals surface area contributed by atoms with Gasteiger partial charge in [0.05, 0.1) is 21.7 Å². The van der Waals surface area contributed by atoms with Gasteiger partial charge in [-0.1, -0.05) is 66.7 Å². The summed E-state index contributed by atoms with van der Waals surface area (Å²) in [7, 11) is 0. The van der Waals surface area contributed by atoms with Crippen LogP contribution in [0.2, 0.25) is 0 Å². The third-order valence-corrected chi connectivity index (χ3v) is 7.41. The topological polar surface area (TPSA) is 48.1 Å². The average molecular weight is 418 g/mol. The molecule has 0 saturated heterocycles. The first-order valence-electron chi connectivity index (χ1n) is 10.1. The standard InChI is InChI=1S/C26H14N2O2S/c29-28(30)21-13-6-9-16-15-7-1-3-12-20(15)27-25-18(23(16)21)10-5-11-19(25)24-17-8-2-4-14-22(17)31-26(24)27/h1-14H. The summed E-state index contributed by atoms with van der Waals surface area (Å²) < 4.78 is 3.55. The third kappa shape index (κ3) is 2.03. The number of hydrogen-bond donors (Lipinski definition) is 0. The Morgan fingerprint density at radius 1 is 0.742 bits per heavy atom. The van der Waals surface area contributed by atoms with E-state index in [0.717, 1.165) is 33.3 Å². The molecule has 4 aromatic carbocycles. The molecule has 1 aliphatic rings. The van der Waals surface area contributed by atoms with Crippen molar-refractivity contribution in [2.45, 2.75) is 0 Å². The summed E-state index contributed by atoms with van der Waals surface area (Å²) in [6, 6.07) is 28.2. The molecule has 146 valence electrons. The predicted octanol–water partition coefficient (Wildman–Crippen LogP) is 7.55. The minimum Gasteiger partial charge on any atom is -0.299 e. The third-order valence-electron chi connectivity index (χ3n) is 6.25. The zero-order valence-corrected chi connectivity index (χ0v) is 17.0. The van der Waals surface area contributed by atoms with E-state index in [1.54, 1.807) is 23.5 Å². The highest BCUT2D eigenvalue weighted by Gasteiger charge is 2.30. The number of rotatable bonds is 1. The van der Waals surface area contributed by atoms with Gasteiger partial charge in [0.25, 0.3) is 5.69 Å². The van der Waals surface area contributed by atoms with E-state index >= 15 is 0 Å². The number of benzene rings is 4. The first-order valence-corrected chi connectivity index (χ1v) is 10.9. The van der Waals surface area contributed by atoms with Gasteiger partial charge in [0.2, 0.25) is 0 Å². The Balaban J connectivity index is 1.82. The first kappa shape index (κ1) is 16.8. The lowest BCUT2D eigenvalue weighted by atomic mass is 9.92. The van der Waals surface area contributed by atoms with Crippen molar-refractivity contribution in [2.24, 2.45) is 0 Å². The van der Waals surface area contributed by atoms with E-state index < -0.39 is 0 Å². The second-order valence-electron chi connectivity index (χ2n) is 7.79. The summed E-state index contributed by atoms with van der Waals surface area (Å²) in [4.78, 5) is 12.9.